The molecule has 0 amide bonds. The van der Waals surface area contributed by atoms with Gasteiger partial charge in [0, 0.05) is 4.88 Å². The Hall–Kier alpha value is -1.63. The molecule has 1 aromatic heterocycles. The van der Waals surface area contributed by atoms with Gasteiger partial charge in [-0.3, -0.25) is 0 Å². The summed E-state index contributed by atoms with van der Waals surface area (Å²) in [6.45, 7) is 0. The third-order valence-corrected chi connectivity index (χ3v) is 4.95. The van der Waals surface area contributed by atoms with Crippen LogP contribution in [0.25, 0.3) is 0 Å². The van der Waals surface area contributed by atoms with Crippen molar-refractivity contribution in [2.75, 3.05) is 0 Å². The van der Waals surface area contributed by atoms with Crippen LogP contribution >= 0.6 is 11.3 Å². The van der Waals surface area contributed by atoms with Gasteiger partial charge in [-0.1, -0.05) is 30.3 Å². The topological polar surface area (TPSA) is 44.0 Å². The summed E-state index contributed by atoms with van der Waals surface area (Å²) < 4.78 is 0. The molecule has 1 aliphatic carbocycles. The molecule has 0 bridgehead atoms. The van der Waals surface area contributed by atoms with E-state index in [-0.39, 0.29) is 0 Å². The molecule has 0 aliphatic heterocycles. The SMILES string of the molecule is N#CC1(C(O)c2cccs2)CCc2ccccc2C1. The van der Waals surface area contributed by atoms with Gasteiger partial charge >= 0.3 is 0 Å². The summed E-state index contributed by atoms with van der Waals surface area (Å²) in [6, 6.07) is 14.5. The third kappa shape index (κ3) is 2.07. The van der Waals surface area contributed by atoms with Crippen molar-refractivity contribution in [1.29, 1.82) is 5.26 Å². The summed E-state index contributed by atoms with van der Waals surface area (Å²) in [6.07, 6.45) is 1.54. The summed E-state index contributed by atoms with van der Waals surface area (Å²) in [5.74, 6) is 0. The van der Waals surface area contributed by atoms with Crippen molar-refractivity contribution in [3.05, 3.63) is 57.8 Å². The summed E-state index contributed by atoms with van der Waals surface area (Å²) in [7, 11) is 0. The highest BCUT2D eigenvalue weighted by Crippen LogP contribution is 2.45. The minimum atomic E-state index is -0.689. The first kappa shape index (κ1) is 12.4. The van der Waals surface area contributed by atoms with Crippen molar-refractivity contribution < 1.29 is 5.11 Å². The molecule has 3 rings (SSSR count). The minimum Gasteiger partial charge on any atom is -0.386 e. The van der Waals surface area contributed by atoms with E-state index in [9.17, 15) is 10.4 Å². The van der Waals surface area contributed by atoms with E-state index in [0.717, 1.165) is 17.7 Å². The van der Waals surface area contributed by atoms with Crippen LogP contribution in [0.1, 0.15) is 28.5 Å². The molecule has 0 fully saturated rings. The van der Waals surface area contributed by atoms with Crippen molar-refractivity contribution in [2.24, 2.45) is 5.41 Å². The van der Waals surface area contributed by atoms with E-state index in [1.165, 1.54) is 22.5 Å². The van der Waals surface area contributed by atoms with Gasteiger partial charge in [0.05, 0.1) is 11.5 Å². The number of rotatable bonds is 2. The first-order valence-corrected chi connectivity index (χ1v) is 7.33. The standard InChI is InChI=1S/C16H15NOS/c17-11-16(15(18)14-6-3-9-19-14)8-7-12-4-1-2-5-13(12)10-16/h1-6,9,15,18H,7-8,10H2. The highest BCUT2D eigenvalue weighted by Gasteiger charge is 2.42. The normalized spacial score (nSPS) is 23.4. The smallest absolute Gasteiger partial charge is 0.107 e. The van der Waals surface area contributed by atoms with Crippen LogP contribution in [0, 0.1) is 16.7 Å². The Kier molecular flexibility index (Phi) is 3.14. The van der Waals surface area contributed by atoms with E-state index in [0.29, 0.717) is 6.42 Å². The Balaban J connectivity index is 1.97. The monoisotopic (exact) mass is 269 g/mol. The molecule has 96 valence electrons. The molecule has 1 heterocycles. The van der Waals surface area contributed by atoms with Crippen LogP contribution in [-0.2, 0) is 12.8 Å². The van der Waals surface area contributed by atoms with E-state index < -0.39 is 11.5 Å². The van der Waals surface area contributed by atoms with Crippen molar-refractivity contribution in [2.45, 2.75) is 25.4 Å². The zero-order valence-corrected chi connectivity index (χ0v) is 11.4. The average Bonchev–Trinajstić information content (AvgIpc) is 3.00. The molecule has 0 saturated heterocycles. The first-order valence-electron chi connectivity index (χ1n) is 6.45. The molecule has 2 nitrogen and oxygen atoms in total. The predicted molar refractivity (Wildman–Crippen MR) is 75.8 cm³/mol. The zero-order valence-electron chi connectivity index (χ0n) is 10.5. The molecule has 2 unspecified atom stereocenters. The predicted octanol–water partition coefficient (Wildman–Crippen LogP) is 3.48. The molecular weight excluding hydrogens is 254 g/mol. The van der Waals surface area contributed by atoms with Crippen molar-refractivity contribution in [3.8, 4) is 6.07 Å². The second-order valence-corrected chi connectivity index (χ2v) is 6.11. The highest BCUT2D eigenvalue weighted by molar-refractivity contribution is 7.10. The van der Waals surface area contributed by atoms with E-state index in [2.05, 4.69) is 18.2 Å². The number of aliphatic hydroxyl groups is 1. The molecule has 2 aromatic rings. The lowest BCUT2D eigenvalue weighted by molar-refractivity contribution is 0.0556. The Morgan fingerprint density at radius 3 is 2.68 bits per heavy atom. The number of nitrogens with zero attached hydrogens (tertiary/aromatic N) is 1. The largest absolute Gasteiger partial charge is 0.386 e. The number of fused-ring (bicyclic) bond motifs is 1. The lowest BCUT2D eigenvalue weighted by Gasteiger charge is -2.35. The maximum atomic E-state index is 10.6. The molecular formula is C16H15NOS. The summed E-state index contributed by atoms with van der Waals surface area (Å²) in [5, 5.41) is 22.2. The van der Waals surface area contributed by atoms with Crippen LogP contribution < -0.4 is 0 Å². The number of aliphatic hydroxyl groups excluding tert-OH is 1. The summed E-state index contributed by atoms with van der Waals surface area (Å²) >= 11 is 1.52. The summed E-state index contributed by atoms with van der Waals surface area (Å²) in [4.78, 5) is 0.890. The van der Waals surface area contributed by atoms with E-state index in [4.69, 9.17) is 0 Å². The summed E-state index contributed by atoms with van der Waals surface area (Å²) in [5.41, 5.74) is 1.83. The molecule has 19 heavy (non-hydrogen) atoms. The van der Waals surface area contributed by atoms with Crippen LogP contribution in [0.2, 0.25) is 0 Å². The molecule has 0 saturated carbocycles. The molecule has 1 aromatic carbocycles. The van der Waals surface area contributed by atoms with Crippen LogP contribution in [0.3, 0.4) is 0 Å². The van der Waals surface area contributed by atoms with Gasteiger partial charge in [0.1, 0.15) is 6.10 Å². The highest BCUT2D eigenvalue weighted by atomic mass is 32.1. The fraction of sp³-hybridized carbons (Fsp3) is 0.312. The number of hydrogen-bond donors (Lipinski definition) is 1. The number of nitriles is 1. The third-order valence-electron chi connectivity index (χ3n) is 4.02. The van der Waals surface area contributed by atoms with Gasteiger partial charge in [0.25, 0.3) is 0 Å². The number of aryl methyl sites for hydroxylation is 1. The number of thiophene rings is 1. The zero-order chi connectivity index (χ0) is 13.3. The van der Waals surface area contributed by atoms with Gasteiger partial charge in [0.15, 0.2) is 0 Å². The van der Waals surface area contributed by atoms with Gasteiger partial charge in [-0.05, 0) is 41.8 Å². The van der Waals surface area contributed by atoms with Crippen LogP contribution in [-0.4, -0.2) is 5.11 Å². The van der Waals surface area contributed by atoms with Crippen molar-refractivity contribution >= 4 is 11.3 Å². The van der Waals surface area contributed by atoms with Crippen LogP contribution in [0.5, 0.6) is 0 Å². The van der Waals surface area contributed by atoms with Gasteiger partial charge in [-0.25, -0.2) is 0 Å². The Morgan fingerprint density at radius 2 is 2.00 bits per heavy atom. The van der Waals surface area contributed by atoms with Crippen LogP contribution in [0.15, 0.2) is 41.8 Å². The molecule has 2 atom stereocenters. The molecule has 3 heteroatoms. The Labute approximate surface area is 116 Å². The maximum Gasteiger partial charge on any atom is 0.107 e. The number of benzene rings is 1. The average molecular weight is 269 g/mol. The fourth-order valence-electron chi connectivity index (χ4n) is 2.87. The van der Waals surface area contributed by atoms with Crippen LogP contribution in [0.4, 0.5) is 0 Å². The lowest BCUT2D eigenvalue weighted by Crippen LogP contribution is -2.33. The minimum absolute atomic E-state index is 0.638. The second-order valence-electron chi connectivity index (χ2n) is 5.13. The van der Waals surface area contributed by atoms with Gasteiger partial charge in [0.2, 0.25) is 0 Å². The molecule has 1 N–H and O–H groups in total. The maximum absolute atomic E-state index is 10.6. The quantitative estimate of drug-likeness (QED) is 0.907. The van der Waals surface area contributed by atoms with Gasteiger partial charge in [-0.2, -0.15) is 5.26 Å². The lowest BCUT2D eigenvalue weighted by atomic mass is 9.69. The Bertz CT molecular complexity index is 614. The molecule has 0 spiro atoms. The van der Waals surface area contributed by atoms with E-state index in [1.54, 1.807) is 0 Å². The second kappa shape index (κ2) is 4.80. The molecule has 0 radical (unpaired) electrons. The van der Waals surface area contributed by atoms with E-state index >= 15 is 0 Å². The van der Waals surface area contributed by atoms with Crippen molar-refractivity contribution in [1.82, 2.24) is 0 Å². The first-order chi connectivity index (χ1) is 9.25. The Morgan fingerprint density at radius 1 is 1.21 bits per heavy atom. The molecule has 1 aliphatic rings. The van der Waals surface area contributed by atoms with Gasteiger partial charge in [-0.15, -0.1) is 11.3 Å². The number of hydrogen-bond acceptors (Lipinski definition) is 3. The van der Waals surface area contributed by atoms with Gasteiger partial charge < -0.3 is 5.11 Å². The van der Waals surface area contributed by atoms with Crippen molar-refractivity contribution in [3.63, 3.8) is 0 Å². The fourth-order valence-corrected chi connectivity index (χ4v) is 3.69. The van der Waals surface area contributed by atoms with E-state index in [1.807, 2.05) is 29.6 Å².